The molecule has 6 heteroatoms. The van der Waals surface area contributed by atoms with Gasteiger partial charge in [-0.05, 0) is 62.9 Å². The van der Waals surface area contributed by atoms with E-state index >= 15 is 0 Å². The summed E-state index contributed by atoms with van der Waals surface area (Å²) in [6, 6.07) is 19.2. The first-order valence-electron chi connectivity index (χ1n) is 11.3. The molecule has 0 amide bonds. The van der Waals surface area contributed by atoms with Gasteiger partial charge in [0.15, 0.2) is 0 Å². The summed E-state index contributed by atoms with van der Waals surface area (Å²) in [5, 5.41) is 8.37. The molecule has 3 aromatic rings. The summed E-state index contributed by atoms with van der Waals surface area (Å²) >= 11 is 0. The summed E-state index contributed by atoms with van der Waals surface area (Å²) in [7, 11) is 4.06. The zero-order chi connectivity index (χ0) is 21.5. The van der Waals surface area contributed by atoms with E-state index in [1.165, 1.54) is 12.8 Å². The van der Waals surface area contributed by atoms with Crippen LogP contribution in [-0.4, -0.2) is 49.3 Å². The predicted molar refractivity (Wildman–Crippen MR) is 128 cm³/mol. The minimum atomic E-state index is 0.427. The molecule has 4 rings (SSSR count). The van der Waals surface area contributed by atoms with Crippen molar-refractivity contribution in [2.24, 2.45) is 0 Å². The standard InChI is InChI=1S/C25H33N5O/c1-30(2)24-22-11-6-7-12-23(22)28-25(29-24)27-20-15-13-19(14-16-20)26-17-8-18-31-21-9-4-3-5-10-21/h3-7,9-12,19-20,26H,8,13-18H2,1-2H3,(H,27,28,29). The number of hydrogen-bond donors (Lipinski definition) is 2. The Morgan fingerprint density at radius 1 is 0.903 bits per heavy atom. The SMILES string of the molecule is CN(C)c1nc(NC2CCC(NCCCOc3ccccc3)CC2)nc2ccccc12. The van der Waals surface area contributed by atoms with Crippen molar-refractivity contribution < 1.29 is 4.74 Å². The molecule has 31 heavy (non-hydrogen) atoms. The zero-order valence-electron chi connectivity index (χ0n) is 18.6. The molecule has 0 aliphatic heterocycles. The molecule has 1 heterocycles. The average molecular weight is 420 g/mol. The van der Waals surface area contributed by atoms with E-state index in [2.05, 4.69) is 27.7 Å². The minimum Gasteiger partial charge on any atom is -0.494 e. The first-order chi connectivity index (χ1) is 15.2. The van der Waals surface area contributed by atoms with E-state index in [0.29, 0.717) is 12.1 Å². The first kappa shape index (κ1) is 21.4. The van der Waals surface area contributed by atoms with E-state index < -0.39 is 0 Å². The normalized spacial score (nSPS) is 18.6. The Bertz CT molecular complexity index is 955. The van der Waals surface area contributed by atoms with Gasteiger partial charge in [-0.3, -0.25) is 0 Å². The van der Waals surface area contributed by atoms with Gasteiger partial charge >= 0.3 is 0 Å². The monoisotopic (exact) mass is 419 g/mol. The second kappa shape index (κ2) is 10.4. The van der Waals surface area contributed by atoms with E-state index in [0.717, 1.165) is 60.8 Å². The molecule has 2 N–H and O–H groups in total. The Kier molecular flexibility index (Phi) is 7.20. The highest BCUT2D eigenvalue weighted by atomic mass is 16.5. The van der Waals surface area contributed by atoms with Crippen LogP contribution in [-0.2, 0) is 0 Å². The second-order valence-corrected chi connectivity index (χ2v) is 8.44. The summed E-state index contributed by atoms with van der Waals surface area (Å²) < 4.78 is 5.77. The van der Waals surface area contributed by atoms with Gasteiger partial charge < -0.3 is 20.3 Å². The molecule has 0 unspecified atom stereocenters. The van der Waals surface area contributed by atoms with Crippen LogP contribution in [0.25, 0.3) is 10.9 Å². The van der Waals surface area contributed by atoms with Crippen molar-refractivity contribution in [1.29, 1.82) is 0 Å². The van der Waals surface area contributed by atoms with Gasteiger partial charge in [0.1, 0.15) is 11.6 Å². The molecule has 0 bridgehead atoms. The molecule has 0 atom stereocenters. The lowest BCUT2D eigenvalue weighted by Crippen LogP contribution is -2.38. The highest BCUT2D eigenvalue weighted by molar-refractivity contribution is 5.90. The Balaban J connectivity index is 1.21. The molecule has 1 saturated carbocycles. The number of hydrogen-bond acceptors (Lipinski definition) is 6. The van der Waals surface area contributed by atoms with E-state index in [9.17, 15) is 0 Å². The Morgan fingerprint density at radius 3 is 2.39 bits per heavy atom. The largest absolute Gasteiger partial charge is 0.494 e. The van der Waals surface area contributed by atoms with Crippen LogP contribution in [0, 0.1) is 0 Å². The van der Waals surface area contributed by atoms with Gasteiger partial charge in [-0.2, -0.15) is 4.98 Å². The number of ether oxygens (including phenoxy) is 1. The van der Waals surface area contributed by atoms with Crippen molar-refractivity contribution in [2.75, 3.05) is 37.5 Å². The van der Waals surface area contributed by atoms with Gasteiger partial charge in [0, 0.05) is 31.6 Å². The Labute approximate surface area is 185 Å². The van der Waals surface area contributed by atoms with Gasteiger partial charge in [-0.15, -0.1) is 0 Å². The van der Waals surface area contributed by atoms with E-state index in [1.807, 2.05) is 56.6 Å². The molecule has 1 fully saturated rings. The smallest absolute Gasteiger partial charge is 0.225 e. The van der Waals surface area contributed by atoms with Crippen LogP contribution >= 0.6 is 0 Å². The first-order valence-corrected chi connectivity index (χ1v) is 11.3. The number of nitrogens with one attached hydrogen (secondary N) is 2. The number of benzene rings is 2. The minimum absolute atomic E-state index is 0.427. The number of nitrogens with zero attached hydrogens (tertiary/aromatic N) is 3. The fourth-order valence-corrected chi connectivity index (χ4v) is 4.17. The van der Waals surface area contributed by atoms with Crippen molar-refractivity contribution in [3.05, 3.63) is 54.6 Å². The molecular formula is C25H33N5O. The topological polar surface area (TPSA) is 62.3 Å². The second-order valence-electron chi connectivity index (χ2n) is 8.44. The molecule has 1 aromatic heterocycles. The maximum absolute atomic E-state index is 5.77. The van der Waals surface area contributed by atoms with Crippen LogP contribution in [0.5, 0.6) is 5.75 Å². The highest BCUT2D eigenvalue weighted by Crippen LogP contribution is 2.26. The lowest BCUT2D eigenvalue weighted by molar-refractivity contribution is 0.294. The van der Waals surface area contributed by atoms with Gasteiger partial charge in [-0.25, -0.2) is 4.98 Å². The lowest BCUT2D eigenvalue weighted by atomic mass is 9.91. The fraction of sp³-hybridized carbons (Fsp3) is 0.440. The molecule has 1 aliphatic carbocycles. The van der Waals surface area contributed by atoms with Gasteiger partial charge in [0.2, 0.25) is 5.95 Å². The number of anilines is 2. The van der Waals surface area contributed by atoms with Gasteiger partial charge in [-0.1, -0.05) is 30.3 Å². The third-order valence-electron chi connectivity index (χ3n) is 5.83. The molecule has 0 saturated heterocycles. The third-order valence-corrected chi connectivity index (χ3v) is 5.83. The van der Waals surface area contributed by atoms with Crippen LogP contribution < -0.4 is 20.3 Å². The van der Waals surface area contributed by atoms with Crippen LogP contribution in [0.4, 0.5) is 11.8 Å². The van der Waals surface area contributed by atoms with Crippen molar-refractivity contribution in [1.82, 2.24) is 15.3 Å². The number of para-hydroxylation sites is 2. The summed E-state index contributed by atoms with van der Waals surface area (Å²) in [5.74, 6) is 2.64. The van der Waals surface area contributed by atoms with Crippen molar-refractivity contribution in [3.63, 3.8) is 0 Å². The number of rotatable bonds is 9. The van der Waals surface area contributed by atoms with Crippen molar-refractivity contribution in [2.45, 2.75) is 44.2 Å². The Morgan fingerprint density at radius 2 is 1.61 bits per heavy atom. The van der Waals surface area contributed by atoms with Gasteiger partial charge in [0.25, 0.3) is 0 Å². The summed E-state index contributed by atoms with van der Waals surface area (Å²) in [6.07, 6.45) is 5.62. The van der Waals surface area contributed by atoms with E-state index in [-0.39, 0.29) is 0 Å². The molecule has 0 spiro atoms. The van der Waals surface area contributed by atoms with E-state index in [1.54, 1.807) is 0 Å². The molecule has 0 radical (unpaired) electrons. The van der Waals surface area contributed by atoms with Crippen molar-refractivity contribution in [3.8, 4) is 5.75 Å². The van der Waals surface area contributed by atoms with Crippen LogP contribution in [0.15, 0.2) is 54.6 Å². The third kappa shape index (κ3) is 5.85. The Hall–Kier alpha value is -2.86. The predicted octanol–water partition coefficient (Wildman–Crippen LogP) is 4.48. The quantitative estimate of drug-likeness (QED) is 0.499. The zero-order valence-corrected chi connectivity index (χ0v) is 18.6. The highest BCUT2D eigenvalue weighted by Gasteiger charge is 2.21. The fourth-order valence-electron chi connectivity index (χ4n) is 4.17. The summed E-state index contributed by atoms with van der Waals surface area (Å²) in [5.41, 5.74) is 0.983. The molecular weight excluding hydrogens is 386 g/mol. The van der Waals surface area contributed by atoms with Crippen LogP contribution in [0.1, 0.15) is 32.1 Å². The number of fused-ring (bicyclic) bond motifs is 1. The van der Waals surface area contributed by atoms with E-state index in [4.69, 9.17) is 14.7 Å². The van der Waals surface area contributed by atoms with Gasteiger partial charge in [0.05, 0.1) is 12.1 Å². The van der Waals surface area contributed by atoms with Crippen LogP contribution in [0.2, 0.25) is 0 Å². The maximum Gasteiger partial charge on any atom is 0.225 e. The molecule has 2 aromatic carbocycles. The molecule has 164 valence electrons. The lowest BCUT2D eigenvalue weighted by Gasteiger charge is -2.30. The molecule has 6 nitrogen and oxygen atoms in total. The summed E-state index contributed by atoms with van der Waals surface area (Å²) in [6.45, 7) is 1.75. The number of aromatic nitrogens is 2. The average Bonchev–Trinajstić information content (AvgIpc) is 2.80. The maximum atomic E-state index is 5.77. The molecule has 1 aliphatic rings. The van der Waals surface area contributed by atoms with Crippen molar-refractivity contribution >= 4 is 22.7 Å². The van der Waals surface area contributed by atoms with Crippen LogP contribution in [0.3, 0.4) is 0 Å². The summed E-state index contributed by atoms with van der Waals surface area (Å²) in [4.78, 5) is 11.6.